The summed E-state index contributed by atoms with van der Waals surface area (Å²) in [6.07, 6.45) is 3.51. The maximum atomic E-state index is 13.0. The minimum Gasteiger partial charge on any atom is -0.322 e. The number of amides is 1. The number of sulfonamides is 2. The highest BCUT2D eigenvalue weighted by Gasteiger charge is 2.32. The van der Waals surface area contributed by atoms with Crippen molar-refractivity contribution in [2.24, 2.45) is 5.14 Å². The molecule has 0 aliphatic carbocycles. The summed E-state index contributed by atoms with van der Waals surface area (Å²) in [7, 11) is -7.42. The van der Waals surface area contributed by atoms with Gasteiger partial charge in [0, 0.05) is 23.8 Å². The van der Waals surface area contributed by atoms with Crippen LogP contribution in [0.4, 0.5) is 5.69 Å². The van der Waals surface area contributed by atoms with Gasteiger partial charge >= 0.3 is 0 Å². The Morgan fingerprint density at radius 2 is 1.60 bits per heavy atom. The predicted molar refractivity (Wildman–Crippen MR) is 114 cm³/mol. The summed E-state index contributed by atoms with van der Waals surface area (Å²) in [6.45, 7) is 2.50. The van der Waals surface area contributed by atoms with Gasteiger partial charge in [0.15, 0.2) is 0 Å². The van der Waals surface area contributed by atoms with E-state index in [0.717, 1.165) is 25.7 Å². The Morgan fingerprint density at radius 1 is 1.00 bits per heavy atom. The number of rotatable bonds is 6. The van der Waals surface area contributed by atoms with Gasteiger partial charge in [0.05, 0.1) is 9.79 Å². The molecule has 2 aromatic rings. The zero-order chi connectivity index (χ0) is 21.9. The number of anilines is 1. The van der Waals surface area contributed by atoms with Crippen molar-refractivity contribution in [1.29, 1.82) is 0 Å². The Kier molecular flexibility index (Phi) is 6.61. The van der Waals surface area contributed by atoms with Gasteiger partial charge in [-0.05, 0) is 67.8 Å². The Labute approximate surface area is 177 Å². The maximum absolute atomic E-state index is 13.0. The van der Waals surface area contributed by atoms with Crippen LogP contribution in [-0.2, 0) is 20.0 Å². The first-order chi connectivity index (χ1) is 14.1. The van der Waals surface area contributed by atoms with E-state index in [4.69, 9.17) is 5.14 Å². The zero-order valence-electron chi connectivity index (χ0n) is 16.6. The summed E-state index contributed by atoms with van der Waals surface area (Å²) in [6, 6.07) is 11.3. The van der Waals surface area contributed by atoms with Crippen molar-refractivity contribution in [2.45, 2.75) is 48.4 Å². The molecule has 1 amide bonds. The lowest BCUT2D eigenvalue weighted by molar-refractivity contribution is 0.102. The van der Waals surface area contributed by atoms with E-state index in [1.165, 1.54) is 48.5 Å². The van der Waals surface area contributed by atoms with E-state index in [1.54, 1.807) is 4.31 Å². The lowest BCUT2D eigenvalue weighted by Crippen LogP contribution is -2.43. The second-order valence-electron chi connectivity index (χ2n) is 7.22. The van der Waals surface area contributed by atoms with Crippen molar-refractivity contribution in [2.75, 3.05) is 11.9 Å². The van der Waals surface area contributed by atoms with Crippen LogP contribution in [-0.4, -0.2) is 39.6 Å². The Bertz CT molecular complexity index is 1110. The van der Waals surface area contributed by atoms with E-state index in [0.29, 0.717) is 12.2 Å². The van der Waals surface area contributed by atoms with Crippen LogP contribution < -0.4 is 10.5 Å². The molecule has 162 valence electrons. The summed E-state index contributed by atoms with van der Waals surface area (Å²) in [5.41, 5.74) is 0.679. The molecule has 1 aliphatic rings. The van der Waals surface area contributed by atoms with Gasteiger partial charge in [0.2, 0.25) is 20.0 Å². The molecule has 0 aromatic heterocycles. The summed E-state index contributed by atoms with van der Waals surface area (Å²) in [5, 5.41) is 7.69. The van der Waals surface area contributed by atoms with Crippen molar-refractivity contribution < 1.29 is 21.6 Å². The van der Waals surface area contributed by atoms with Crippen LogP contribution in [0.25, 0.3) is 0 Å². The quantitative estimate of drug-likeness (QED) is 0.698. The van der Waals surface area contributed by atoms with E-state index < -0.39 is 26.0 Å². The number of hydrogen-bond donors (Lipinski definition) is 2. The lowest BCUT2D eigenvalue weighted by Gasteiger charge is -2.34. The number of nitrogens with zero attached hydrogens (tertiary/aromatic N) is 1. The molecule has 1 atom stereocenters. The van der Waals surface area contributed by atoms with E-state index in [2.05, 4.69) is 5.32 Å². The van der Waals surface area contributed by atoms with Crippen molar-refractivity contribution >= 4 is 31.6 Å². The summed E-state index contributed by atoms with van der Waals surface area (Å²) < 4.78 is 50.2. The lowest BCUT2D eigenvalue weighted by atomic mass is 10.0. The molecule has 10 heteroatoms. The SMILES string of the molecule is CC[C@H]1CCCCN1S(=O)(=O)c1ccc(C(=O)Nc2ccc(S(N)(=O)=O)cc2)cc1. The summed E-state index contributed by atoms with van der Waals surface area (Å²) in [5.74, 6) is -0.438. The number of nitrogens with two attached hydrogens (primary N) is 1. The van der Waals surface area contributed by atoms with Crippen molar-refractivity contribution in [3.63, 3.8) is 0 Å². The van der Waals surface area contributed by atoms with Crippen molar-refractivity contribution in [3.8, 4) is 0 Å². The highest BCUT2D eigenvalue weighted by Crippen LogP contribution is 2.27. The van der Waals surface area contributed by atoms with Crippen molar-refractivity contribution in [1.82, 2.24) is 4.31 Å². The van der Waals surface area contributed by atoms with Crippen LogP contribution in [0, 0.1) is 0 Å². The highest BCUT2D eigenvalue weighted by atomic mass is 32.2. The molecule has 3 rings (SSSR count). The fraction of sp³-hybridized carbons (Fsp3) is 0.350. The molecule has 3 N–H and O–H groups in total. The Morgan fingerprint density at radius 3 is 2.17 bits per heavy atom. The van der Waals surface area contributed by atoms with Crippen LogP contribution in [0.1, 0.15) is 43.0 Å². The van der Waals surface area contributed by atoms with E-state index >= 15 is 0 Å². The molecular weight excluding hydrogens is 426 g/mol. The van der Waals surface area contributed by atoms with Gasteiger partial charge in [-0.1, -0.05) is 13.3 Å². The predicted octanol–water partition coefficient (Wildman–Crippen LogP) is 2.54. The molecule has 8 nitrogen and oxygen atoms in total. The molecule has 2 aromatic carbocycles. The van der Waals surface area contributed by atoms with Gasteiger partial charge in [0.1, 0.15) is 0 Å². The van der Waals surface area contributed by atoms with Gasteiger partial charge in [-0.2, -0.15) is 4.31 Å². The number of piperidine rings is 1. The van der Waals surface area contributed by atoms with E-state index in [1.807, 2.05) is 6.92 Å². The number of nitrogens with one attached hydrogen (secondary N) is 1. The normalized spacial score (nSPS) is 18.1. The van der Waals surface area contributed by atoms with Crippen LogP contribution in [0.2, 0.25) is 0 Å². The molecule has 1 heterocycles. The van der Waals surface area contributed by atoms with Crippen LogP contribution in [0.3, 0.4) is 0 Å². The molecule has 0 spiro atoms. The van der Waals surface area contributed by atoms with Crippen molar-refractivity contribution in [3.05, 3.63) is 54.1 Å². The molecule has 0 bridgehead atoms. The average molecular weight is 452 g/mol. The molecule has 0 saturated carbocycles. The summed E-state index contributed by atoms with van der Waals surface area (Å²) in [4.78, 5) is 12.5. The fourth-order valence-electron chi connectivity index (χ4n) is 3.54. The minimum atomic E-state index is -3.81. The second kappa shape index (κ2) is 8.84. The number of carbonyl (C=O) groups excluding carboxylic acids is 1. The number of hydrogen-bond acceptors (Lipinski definition) is 5. The third-order valence-corrected chi connectivity index (χ3v) is 8.10. The number of benzene rings is 2. The molecule has 1 saturated heterocycles. The fourth-order valence-corrected chi connectivity index (χ4v) is 5.83. The highest BCUT2D eigenvalue weighted by molar-refractivity contribution is 7.89. The number of carbonyl (C=O) groups is 1. The Hall–Kier alpha value is -2.27. The van der Waals surface area contributed by atoms with Gasteiger partial charge in [-0.15, -0.1) is 0 Å². The largest absolute Gasteiger partial charge is 0.322 e. The third kappa shape index (κ3) is 4.89. The molecule has 1 fully saturated rings. The van der Waals surface area contributed by atoms with Crippen LogP contribution >= 0.6 is 0 Å². The van der Waals surface area contributed by atoms with Gasteiger partial charge in [-0.25, -0.2) is 22.0 Å². The van der Waals surface area contributed by atoms with Gasteiger partial charge in [0.25, 0.3) is 5.91 Å². The second-order valence-corrected chi connectivity index (χ2v) is 10.7. The zero-order valence-corrected chi connectivity index (χ0v) is 18.2. The maximum Gasteiger partial charge on any atom is 0.255 e. The average Bonchev–Trinajstić information content (AvgIpc) is 2.73. The van der Waals surface area contributed by atoms with Gasteiger partial charge < -0.3 is 5.32 Å². The number of primary sulfonamides is 1. The van der Waals surface area contributed by atoms with E-state index in [-0.39, 0.29) is 21.4 Å². The smallest absolute Gasteiger partial charge is 0.255 e. The topological polar surface area (TPSA) is 127 Å². The minimum absolute atomic E-state index is 0.00651. The molecule has 1 aliphatic heterocycles. The third-order valence-electron chi connectivity index (χ3n) is 5.21. The molecule has 30 heavy (non-hydrogen) atoms. The molecule has 0 unspecified atom stereocenters. The monoisotopic (exact) mass is 451 g/mol. The first kappa shape index (κ1) is 22.4. The molecule has 0 radical (unpaired) electrons. The van der Waals surface area contributed by atoms with Gasteiger partial charge in [-0.3, -0.25) is 4.79 Å². The first-order valence-electron chi connectivity index (χ1n) is 9.69. The standard InChI is InChI=1S/C20H25N3O5S2/c1-2-17-5-3-4-14-23(17)30(27,28)19-10-6-15(7-11-19)20(24)22-16-8-12-18(13-9-16)29(21,25)26/h6-13,17H,2-5,14H2,1H3,(H,22,24)(H2,21,25,26)/t17-/m0/s1. The van der Waals surface area contributed by atoms with Crippen LogP contribution in [0.5, 0.6) is 0 Å². The summed E-state index contributed by atoms with van der Waals surface area (Å²) >= 11 is 0. The first-order valence-corrected chi connectivity index (χ1v) is 12.7. The van der Waals surface area contributed by atoms with E-state index in [9.17, 15) is 21.6 Å². The van der Waals surface area contributed by atoms with Crippen LogP contribution in [0.15, 0.2) is 58.3 Å². The Balaban J connectivity index is 1.74. The molecular formula is C20H25N3O5S2.